The van der Waals surface area contributed by atoms with Crippen LogP contribution in [0, 0.1) is 5.82 Å². The van der Waals surface area contributed by atoms with E-state index >= 15 is 0 Å². The molecule has 2 aromatic rings. The zero-order valence-corrected chi connectivity index (χ0v) is 9.27. The quantitative estimate of drug-likeness (QED) is 0.802. The first-order valence-corrected chi connectivity index (χ1v) is 5.17. The molecule has 1 N–H and O–H groups in total. The predicted octanol–water partition coefficient (Wildman–Crippen LogP) is 3.47. The molecule has 0 aliphatic carbocycles. The Labute approximate surface area is 98.0 Å². The van der Waals surface area contributed by atoms with Crippen molar-refractivity contribution in [1.29, 1.82) is 0 Å². The van der Waals surface area contributed by atoms with Crippen LogP contribution in [0.4, 0.5) is 4.39 Å². The lowest BCUT2D eigenvalue weighted by atomic mass is 10.1. The second-order valence-electron chi connectivity index (χ2n) is 3.88. The average Bonchev–Trinajstić information content (AvgIpc) is 2.29. The molecule has 0 saturated carbocycles. The highest BCUT2D eigenvalue weighted by molar-refractivity contribution is 5.92. The van der Waals surface area contributed by atoms with Crippen LogP contribution in [0.1, 0.15) is 12.5 Å². The molecule has 0 fully saturated rings. The van der Waals surface area contributed by atoms with Crippen molar-refractivity contribution >= 4 is 22.8 Å². The van der Waals surface area contributed by atoms with Crippen LogP contribution in [0.2, 0.25) is 0 Å². The largest absolute Gasteiger partial charge is 0.478 e. The van der Waals surface area contributed by atoms with Gasteiger partial charge < -0.3 is 5.11 Å². The molecule has 0 saturated heterocycles. The van der Waals surface area contributed by atoms with Gasteiger partial charge in [-0.25, -0.2) is 9.18 Å². The minimum atomic E-state index is -0.941. The summed E-state index contributed by atoms with van der Waals surface area (Å²) in [4.78, 5) is 10.7. The Morgan fingerprint density at radius 3 is 2.53 bits per heavy atom. The number of aliphatic carboxylic acids is 1. The van der Waals surface area contributed by atoms with Crippen LogP contribution in [0.5, 0.6) is 0 Å². The third-order valence-corrected chi connectivity index (χ3v) is 2.55. The van der Waals surface area contributed by atoms with Gasteiger partial charge in [0.05, 0.1) is 0 Å². The van der Waals surface area contributed by atoms with Crippen molar-refractivity contribution in [1.82, 2.24) is 0 Å². The first-order chi connectivity index (χ1) is 8.06. The molecule has 0 aliphatic rings. The molecule has 2 nitrogen and oxygen atoms in total. The molecule has 2 rings (SSSR count). The summed E-state index contributed by atoms with van der Waals surface area (Å²) in [6.07, 6.45) is 1.59. The summed E-state index contributed by atoms with van der Waals surface area (Å²) in [7, 11) is 0. The molecule has 0 aromatic heterocycles. The number of halogens is 1. The van der Waals surface area contributed by atoms with E-state index in [1.165, 1.54) is 19.1 Å². The third-order valence-electron chi connectivity index (χ3n) is 2.55. The number of hydrogen-bond donors (Lipinski definition) is 1. The van der Waals surface area contributed by atoms with E-state index in [2.05, 4.69) is 0 Å². The lowest BCUT2D eigenvalue weighted by molar-refractivity contribution is -0.132. The Morgan fingerprint density at radius 1 is 1.18 bits per heavy atom. The smallest absolute Gasteiger partial charge is 0.331 e. The summed E-state index contributed by atoms with van der Waals surface area (Å²) in [5.41, 5.74) is 1.07. The number of hydrogen-bond acceptors (Lipinski definition) is 1. The Bertz CT molecular complexity index is 615. The summed E-state index contributed by atoms with van der Waals surface area (Å²) in [6.45, 7) is 1.54. The summed E-state index contributed by atoms with van der Waals surface area (Å²) in [5, 5.41) is 10.5. The molecular weight excluding hydrogens is 219 g/mol. The highest BCUT2D eigenvalue weighted by Crippen LogP contribution is 2.19. The van der Waals surface area contributed by atoms with Gasteiger partial charge in [0.15, 0.2) is 0 Å². The van der Waals surface area contributed by atoms with Gasteiger partial charge in [-0.05, 0) is 47.5 Å². The van der Waals surface area contributed by atoms with E-state index in [1.807, 2.05) is 6.07 Å². The van der Waals surface area contributed by atoms with Gasteiger partial charge in [0.2, 0.25) is 0 Å². The number of rotatable bonds is 2. The fourth-order valence-electron chi connectivity index (χ4n) is 1.64. The first-order valence-electron chi connectivity index (χ1n) is 5.17. The van der Waals surface area contributed by atoms with E-state index in [-0.39, 0.29) is 11.4 Å². The van der Waals surface area contributed by atoms with E-state index in [9.17, 15) is 9.18 Å². The van der Waals surface area contributed by atoms with Crippen LogP contribution in [-0.2, 0) is 4.79 Å². The van der Waals surface area contributed by atoms with Crippen molar-refractivity contribution in [2.75, 3.05) is 0 Å². The summed E-state index contributed by atoms with van der Waals surface area (Å²) in [5.74, 6) is -1.22. The highest BCUT2D eigenvalue weighted by atomic mass is 19.1. The SMILES string of the molecule is CC(=Cc1ccc2cc(F)ccc2c1)C(=O)O. The van der Waals surface area contributed by atoms with Crippen LogP contribution in [0.25, 0.3) is 16.8 Å². The highest BCUT2D eigenvalue weighted by Gasteiger charge is 2.01. The van der Waals surface area contributed by atoms with E-state index in [4.69, 9.17) is 5.11 Å². The normalized spacial score (nSPS) is 11.8. The number of carboxylic acids is 1. The van der Waals surface area contributed by atoms with Gasteiger partial charge in [-0.2, -0.15) is 0 Å². The lowest BCUT2D eigenvalue weighted by Crippen LogP contribution is -1.95. The molecule has 0 bridgehead atoms. The van der Waals surface area contributed by atoms with Crippen molar-refractivity contribution in [3.63, 3.8) is 0 Å². The van der Waals surface area contributed by atoms with Crippen molar-refractivity contribution in [2.45, 2.75) is 6.92 Å². The van der Waals surface area contributed by atoms with E-state index in [1.54, 1.807) is 24.3 Å². The van der Waals surface area contributed by atoms with Crippen molar-refractivity contribution < 1.29 is 14.3 Å². The van der Waals surface area contributed by atoms with Gasteiger partial charge >= 0.3 is 5.97 Å². The Morgan fingerprint density at radius 2 is 1.82 bits per heavy atom. The molecule has 0 aliphatic heterocycles. The molecule has 0 unspecified atom stereocenters. The first kappa shape index (κ1) is 11.3. The average molecular weight is 230 g/mol. The summed E-state index contributed by atoms with van der Waals surface area (Å²) in [6, 6.07) is 9.90. The molecule has 0 spiro atoms. The molecule has 17 heavy (non-hydrogen) atoms. The molecule has 0 radical (unpaired) electrons. The monoisotopic (exact) mass is 230 g/mol. The fourth-order valence-corrected chi connectivity index (χ4v) is 1.64. The van der Waals surface area contributed by atoms with Gasteiger partial charge in [-0.3, -0.25) is 0 Å². The third kappa shape index (κ3) is 2.50. The van der Waals surface area contributed by atoms with Crippen LogP contribution in [0.3, 0.4) is 0 Å². The zero-order valence-electron chi connectivity index (χ0n) is 9.27. The van der Waals surface area contributed by atoms with E-state index < -0.39 is 5.97 Å². The standard InChI is InChI=1S/C14H11FO2/c1-9(14(16)17)6-10-2-3-12-8-13(15)5-4-11(12)7-10/h2-8H,1H3,(H,16,17). The second kappa shape index (κ2) is 4.37. The zero-order chi connectivity index (χ0) is 12.4. The minimum Gasteiger partial charge on any atom is -0.478 e. The van der Waals surface area contributed by atoms with Gasteiger partial charge in [0.1, 0.15) is 5.82 Å². The Kier molecular flexibility index (Phi) is 2.91. The molecule has 3 heteroatoms. The Balaban J connectivity index is 2.49. The van der Waals surface area contributed by atoms with Gasteiger partial charge in [-0.15, -0.1) is 0 Å². The van der Waals surface area contributed by atoms with Crippen LogP contribution in [-0.4, -0.2) is 11.1 Å². The maximum atomic E-state index is 13.0. The number of benzene rings is 2. The van der Waals surface area contributed by atoms with Gasteiger partial charge in [0.25, 0.3) is 0 Å². The fraction of sp³-hybridized carbons (Fsp3) is 0.0714. The molecule has 0 atom stereocenters. The summed E-state index contributed by atoms with van der Waals surface area (Å²) >= 11 is 0. The Hall–Kier alpha value is -2.16. The molecular formula is C14H11FO2. The molecule has 0 amide bonds. The number of carboxylic acid groups (broad SMARTS) is 1. The molecule has 86 valence electrons. The molecule has 2 aromatic carbocycles. The van der Waals surface area contributed by atoms with Crippen LogP contribution >= 0.6 is 0 Å². The van der Waals surface area contributed by atoms with Gasteiger partial charge in [-0.1, -0.05) is 18.2 Å². The van der Waals surface area contributed by atoms with Crippen molar-refractivity contribution in [3.05, 3.63) is 53.4 Å². The lowest BCUT2D eigenvalue weighted by Gasteiger charge is -2.01. The maximum Gasteiger partial charge on any atom is 0.331 e. The topological polar surface area (TPSA) is 37.3 Å². The summed E-state index contributed by atoms with van der Waals surface area (Å²) < 4.78 is 13.0. The maximum absolute atomic E-state index is 13.0. The van der Waals surface area contributed by atoms with Crippen molar-refractivity contribution in [2.24, 2.45) is 0 Å². The number of carbonyl (C=O) groups is 1. The second-order valence-corrected chi connectivity index (χ2v) is 3.88. The van der Waals surface area contributed by atoms with E-state index in [0.29, 0.717) is 0 Å². The van der Waals surface area contributed by atoms with Crippen molar-refractivity contribution in [3.8, 4) is 0 Å². The molecule has 0 heterocycles. The predicted molar refractivity (Wildman–Crippen MR) is 65.2 cm³/mol. The van der Waals surface area contributed by atoms with E-state index in [0.717, 1.165) is 16.3 Å². The minimum absolute atomic E-state index is 0.270. The van der Waals surface area contributed by atoms with Crippen LogP contribution in [0.15, 0.2) is 42.0 Å². The van der Waals surface area contributed by atoms with Crippen LogP contribution < -0.4 is 0 Å². The number of fused-ring (bicyclic) bond motifs is 1. The van der Waals surface area contributed by atoms with Gasteiger partial charge in [0, 0.05) is 5.57 Å².